The maximum Gasteiger partial charge on any atom is 0.347 e. The summed E-state index contributed by atoms with van der Waals surface area (Å²) in [5.41, 5.74) is 1.35. The maximum atomic E-state index is 12.1. The van der Waals surface area contributed by atoms with Gasteiger partial charge in [0.1, 0.15) is 11.1 Å². The van der Waals surface area contributed by atoms with E-state index in [4.69, 9.17) is 8.83 Å². The summed E-state index contributed by atoms with van der Waals surface area (Å²) >= 11 is 0. The molecule has 106 valence electrons. The predicted octanol–water partition coefficient (Wildman–Crippen LogP) is 4.12. The van der Waals surface area contributed by atoms with E-state index in [9.17, 15) is 4.79 Å². The van der Waals surface area contributed by atoms with E-state index in [2.05, 4.69) is 4.98 Å². The Morgan fingerprint density at radius 1 is 0.864 bits per heavy atom. The van der Waals surface area contributed by atoms with Gasteiger partial charge in [-0.2, -0.15) is 0 Å². The molecule has 0 unspecified atom stereocenters. The number of aromatic nitrogens is 1. The SMILES string of the molecule is O=c1oc2ccccc2cc1-c1cnc(-c2ccccc2)o1. The number of hydrogen-bond acceptors (Lipinski definition) is 4. The molecular weight excluding hydrogens is 278 g/mol. The van der Waals surface area contributed by atoms with Crippen LogP contribution in [0.1, 0.15) is 0 Å². The molecule has 0 saturated heterocycles. The molecular formula is C18H11NO3. The van der Waals surface area contributed by atoms with Crippen molar-refractivity contribution in [3.8, 4) is 22.8 Å². The lowest BCUT2D eigenvalue weighted by atomic mass is 10.1. The van der Waals surface area contributed by atoms with Gasteiger partial charge in [0.2, 0.25) is 5.89 Å². The van der Waals surface area contributed by atoms with Gasteiger partial charge >= 0.3 is 5.63 Å². The van der Waals surface area contributed by atoms with Crippen LogP contribution in [0.15, 0.2) is 80.5 Å². The van der Waals surface area contributed by atoms with Crippen LogP contribution in [0.4, 0.5) is 0 Å². The number of oxazole rings is 1. The third-order valence-electron chi connectivity index (χ3n) is 3.43. The molecule has 0 saturated carbocycles. The zero-order chi connectivity index (χ0) is 14.9. The summed E-state index contributed by atoms with van der Waals surface area (Å²) in [5.74, 6) is 0.876. The van der Waals surface area contributed by atoms with E-state index in [1.165, 1.54) is 0 Å². The van der Waals surface area contributed by atoms with Gasteiger partial charge in [-0.15, -0.1) is 0 Å². The summed E-state index contributed by atoms with van der Waals surface area (Å²) in [6, 6.07) is 18.7. The number of fused-ring (bicyclic) bond motifs is 1. The van der Waals surface area contributed by atoms with Crippen molar-refractivity contribution in [3.05, 3.63) is 77.3 Å². The summed E-state index contributed by atoms with van der Waals surface area (Å²) in [4.78, 5) is 16.4. The summed E-state index contributed by atoms with van der Waals surface area (Å²) in [7, 11) is 0. The van der Waals surface area contributed by atoms with Crippen molar-refractivity contribution in [3.63, 3.8) is 0 Å². The van der Waals surface area contributed by atoms with Crippen molar-refractivity contribution >= 4 is 11.0 Å². The minimum Gasteiger partial charge on any atom is -0.436 e. The normalized spacial score (nSPS) is 10.9. The van der Waals surface area contributed by atoms with Gasteiger partial charge < -0.3 is 8.83 Å². The van der Waals surface area contributed by atoms with Crippen molar-refractivity contribution in [1.82, 2.24) is 4.98 Å². The van der Waals surface area contributed by atoms with Crippen LogP contribution in [0.3, 0.4) is 0 Å². The molecule has 0 radical (unpaired) electrons. The van der Waals surface area contributed by atoms with E-state index in [0.29, 0.717) is 22.8 Å². The van der Waals surface area contributed by atoms with Gasteiger partial charge in [-0.25, -0.2) is 9.78 Å². The Labute approximate surface area is 125 Å². The first-order valence-corrected chi connectivity index (χ1v) is 6.86. The highest BCUT2D eigenvalue weighted by molar-refractivity contribution is 5.80. The molecule has 2 aromatic heterocycles. The standard InChI is InChI=1S/C18H11NO3/c20-18-14(10-13-8-4-5-9-15(13)22-18)16-11-19-17(21-16)12-6-2-1-3-7-12/h1-11H. The lowest BCUT2D eigenvalue weighted by molar-refractivity contribution is 0.550. The second kappa shape index (κ2) is 5.00. The summed E-state index contributed by atoms with van der Waals surface area (Å²) in [6.45, 7) is 0. The maximum absolute atomic E-state index is 12.1. The van der Waals surface area contributed by atoms with Gasteiger partial charge in [0, 0.05) is 10.9 Å². The first-order valence-electron chi connectivity index (χ1n) is 6.86. The number of nitrogens with zero attached hydrogens (tertiary/aromatic N) is 1. The molecule has 0 atom stereocenters. The number of benzene rings is 2. The van der Waals surface area contributed by atoms with E-state index in [1.54, 1.807) is 18.3 Å². The van der Waals surface area contributed by atoms with Crippen LogP contribution in [0, 0.1) is 0 Å². The van der Waals surface area contributed by atoms with E-state index >= 15 is 0 Å². The summed E-state index contributed by atoms with van der Waals surface area (Å²) in [6.07, 6.45) is 1.54. The largest absolute Gasteiger partial charge is 0.436 e. The zero-order valence-electron chi connectivity index (χ0n) is 11.5. The van der Waals surface area contributed by atoms with Gasteiger partial charge in [-0.05, 0) is 24.3 Å². The zero-order valence-corrected chi connectivity index (χ0v) is 11.5. The first kappa shape index (κ1) is 12.6. The topological polar surface area (TPSA) is 56.2 Å². The van der Waals surface area contributed by atoms with Gasteiger partial charge in [-0.1, -0.05) is 36.4 Å². The highest BCUT2D eigenvalue weighted by Gasteiger charge is 2.13. The molecule has 0 N–H and O–H groups in total. The molecule has 0 fully saturated rings. The van der Waals surface area contributed by atoms with Gasteiger partial charge in [0.15, 0.2) is 5.76 Å². The Morgan fingerprint density at radius 3 is 2.50 bits per heavy atom. The van der Waals surface area contributed by atoms with Crippen molar-refractivity contribution < 1.29 is 8.83 Å². The Kier molecular flexibility index (Phi) is 2.86. The minimum absolute atomic E-state index is 0.369. The Bertz CT molecular complexity index is 999. The van der Waals surface area contributed by atoms with Crippen LogP contribution in [0.5, 0.6) is 0 Å². The fourth-order valence-electron chi connectivity index (χ4n) is 2.35. The van der Waals surface area contributed by atoms with Crippen LogP contribution >= 0.6 is 0 Å². The smallest absolute Gasteiger partial charge is 0.347 e. The number of para-hydroxylation sites is 1. The molecule has 4 heteroatoms. The highest BCUT2D eigenvalue weighted by Crippen LogP contribution is 2.25. The van der Waals surface area contributed by atoms with E-state index < -0.39 is 5.63 Å². The van der Waals surface area contributed by atoms with Crippen molar-refractivity contribution in [2.45, 2.75) is 0 Å². The second-order valence-corrected chi connectivity index (χ2v) is 4.88. The quantitative estimate of drug-likeness (QED) is 0.521. The second-order valence-electron chi connectivity index (χ2n) is 4.88. The fraction of sp³-hybridized carbons (Fsp3) is 0. The third-order valence-corrected chi connectivity index (χ3v) is 3.43. The average molecular weight is 289 g/mol. The lowest BCUT2D eigenvalue weighted by Gasteiger charge is -1.99. The first-order chi connectivity index (χ1) is 10.8. The molecule has 0 bridgehead atoms. The molecule has 0 amide bonds. The van der Waals surface area contributed by atoms with Crippen LogP contribution in [0.25, 0.3) is 33.7 Å². The van der Waals surface area contributed by atoms with Crippen LogP contribution in [-0.4, -0.2) is 4.98 Å². The molecule has 4 nitrogen and oxygen atoms in total. The minimum atomic E-state index is -0.436. The van der Waals surface area contributed by atoms with Gasteiger partial charge in [0.05, 0.1) is 6.20 Å². The van der Waals surface area contributed by atoms with Crippen LogP contribution in [-0.2, 0) is 0 Å². The fourth-order valence-corrected chi connectivity index (χ4v) is 2.35. The number of hydrogen-bond donors (Lipinski definition) is 0. The van der Waals surface area contributed by atoms with E-state index in [-0.39, 0.29) is 0 Å². The molecule has 0 aliphatic rings. The molecule has 2 heterocycles. The predicted molar refractivity (Wildman–Crippen MR) is 83.4 cm³/mol. The highest BCUT2D eigenvalue weighted by atomic mass is 16.4. The van der Waals surface area contributed by atoms with Gasteiger partial charge in [0.25, 0.3) is 0 Å². The summed E-state index contributed by atoms with van der Waals surface area (Å²) < 4.78 is 11.0. The van der Waals surface area contributed by atoms with E-state index in [0.717, 1.165) is 10.9 Å². The lowest BCUT2D eigenvalue weighted by Crippen LogP contribution is -2.01. The molecule has 2 aromatic carbocycles. The monoisotopic (exact) mass is 289 g/mol. The van der Waals surface area contributed by atoms with Crippen molar-refractivity contribution in [1.29, 1.82) is 0 Å². The Balaban J connectivity index is 1.84. The molecule has 0 aliphatic carbocycles. The molecule has 4 aromatic rings. The van der Waals surface area contributed by atoms with Crippen LogP contribution in [0.2, 0.25) is 0 Å². The van der Waals surface area contributed by atoms with Crippen molar-refractivity contribution in [2.75, 3.05) is 0 Å². The summed E-state index contributed by atoms with van der Waals surface area (Å²) in [5, 5.41) is 0.842. The third kappa shape index (κ3) is 2.11. The van der Waals surface area contributed by atoms with Gasteiger partial charge in [-0.3, -0.25) is 0 Å². The Morgan fingerprint density at radius 2 is 1.64 bits per heavy atom. The van der Waals surface area contributed by atoms with Crippen LogP contribution < -0.4 is 5.63 Å². The molecule has 0 spiro atoms. The van der Waals surface area contributed by atoms with E-state index in [1.807, 2.05) is 48.5 Å². The molecule has 22 heavy (non-hydrogen) atoms. The molecule has 0 aliphatic heterocycles. The Hall–Kier alpha value is -3.14. The average Bonchev–Trinajstić information content (AvgIpc) is 3.05. The molecule has 4 rings (SSSR count). The van der Waals surface area contributed by atoms with Crippen molar-refractivity contribution in [2.24, 2.45) is 0 Å². The number of rotatable bonds is 2.